The molecule has 1 aromatic rings. The predicted molar refractivity (Wildman–Crippen MR) is 96.4 cm³/mol. The fourth-order valence-corrected chi connectivity index (χ4v) is 2.98. The van der Waals surface area contributed by atoms with E-state index in [1.165, 1.54) is 0 Å². The average Bonchev–Trinajstić information content (AvgIpc) is 2.44. The van der Waals surface area contributed by atoms with E-state index >= 15 is 0 Å². The van der Waals surface area contributed by atoms with Crippen LogP contribution in [0.15, 0.2) is 22.7 Å². The highest BCUT2D eigenvalue weighted by molar-refractivity contribution is 9.10. The molecule has 0 aliphatic heterocycles. The molecule has 2 amide bonds. The van der Waals surface area contributed by atoms with Crippen molar-refractivity contribution < 1.29 is 19.4 Å². The molecule has 0 radical (unpaired) electrons. The number of carbonyl (C=O) groups is 2. The van der Waals surface area contributed by atoms with Crippen molar-refractivity contribution in [2.45, 2.75) is 38.6 Å². The number of carboxylic acid groups (broad SMARTS) is 1. The molecule has 0 spiro atoms. The Labute approximate surface area is 154 Å². The normalized spacial score (nSPS) is 12.5. The summed E-state index contributed by atoms with van der Waals surface area (Å²) in [7, 11) is 0. The van der Waals surface area contributed by atoms with Gasteiger partial charge in [-0.05, 0) is 60.7 Å². The van der Waals surface area contributed by atoms with Gasteiger partial charge in [-0.1, -0.05) is 17.7 Å². The Morgan fingerprint density at radius 1 is 1.46 bits per heavy atom. The fraction of sp³-hybridized carbons (Fsp3) is 0.500. The minimum absolute atomic E-state index is 0.0607. The number of amides is 2. The van der Waals surface area contributed by atoms with E-state index in [0.29, 0.717) is 30.2 Å². The third-order valence-corrected chi connectivity index (χ3v) is 4.71. The Balaban J connectivity index is 2.76. The lowest BCUT2D eigenvalue weighted by molar-refractivity contribution is -0.118. The van der Waals surface area contributed by atoms with Crippen LogP contribution in [0.4, 0.5) is 4.79 Å². The summed E-state index contributed by atoms with van der Waals surface area (Å²) in [5, 5.41) is 11.8. The van der Waals surface area contributed by atoms with E-state index in [4.69, 9.17) is 27.2 Å². The zero-order valence-corrected chi connectivity index (χ0v) is 16.0. The molecule has 24 heavy (non-hydrogen) atoms. The molecule has 1 aromatic carbocycles. The maximum absolute atomic E-state index is 11.1. The van der Waals surface area contributed by atoms with Crippen molar-refractivity contribution >= 4 is 39.5 Å². The third-order valence-electron chi connectivity index (χ3n) is 3.43. The van der Waals surface area contributed by atoms with Gasteiger partial charge in [-0.25, -0.2) is 4.79 Å². The number of nitrogens with one attached hydrogen (secondary N) is 1. The van der Waals surface area contributed by atoms with E-state index in [9.17, 15) is 9.59 Å². The Kier molecular flexibility index (Phi) is 7.83. The van der Waals surface area contributed by atoms with E-state index in [1.807, 2.05) is 0 Å². The summed E-state index contributed by atoms with van der Waals surface area (Å²) >= 11 is 9.50. The van der Waals surface area contributed by atoms with Crippen molar-refractivity contribution in [3.63, 3.8) is 0 Å². The molecule has 6 nitrogen and oxygen atoms in total. The number of ether oxygens (including phenoxy) is 1. The molecule has 0 unspecified atom stereocenters. The smallest absolute Gasteiger partial charge is 0.405 e. The number of rotatable bonds is 9. The largest absolute Gasteiger partial charge is 0.492 e. The number of halogens is 2. The quantitative estimate of drug-likeness (QED) is 0.564. The summed E-state index contributed by atoms with van der Waals surface area (Å²) in [5.74, 6) is 0.0676. The molecule has 0 bridgehead atoms. The van der Waals surface area contributed by atoms with Crippen molar-refractivity contribution in [3.8, 4) is 5.75 Å². The van der Waals surface area contributed by atoms with Gasteiger partial charge in [-0.3, -0.25) is 4.79 Å². The van der Waals surface area contributed by atoms with Gasteiger partial charge in [-0.15, -0.1) is 0 Å². The number of primary amides is 1. The molecular weight excluding hydrogens is 400 g/mol. The molecule has 8 heteroatoms. The minimum atomic E-state index is -1.09. The summed E-state index contributed by atoms with van der Waals surface area (Å²) < 4.78 is 6.50. The van der Waals surface area contributed by atoms with Crippen LogP contribution < -0.4 is 15.8 Å². The highest BCUT2D eigenvalue weighted by Crippen LogP contribution is 2.32. The first-order valence-corrected chi connectivity index (χ1v) is 8.64. The molecule has 0 heterocycles. The second-order valence-corrected chi connectivity index (χ2v) is 7.48. The summed E-state index contributed by atoms with van der Waals surface area (Å²) in [4.78, 5) is 21.9. The van der Waals surface area contributed by atoms with Crippen LogP contribution in [0, 0.1) is 5.92 Å². The Morgan fingerprint density at radius 2 is 2.12 bits per heavy atom. The average molecular weight is 422 g/mol. The maximum atomic E-state index is 11.1. The van der Waals surface area contributed by atoms with Gasteiger partial charge in [0.1, 0.15) is 5.75 Å². The second kappa shape index (κ2) is 9.13. The topological polar surface area (TPSA) is 102 Å². The van der Waals surface area contributed by atoms with Crippen LogP contribution in [0.1, 0.15) is 33.1 Å². The summed E-state index contributed by atoms with van der Waals surface area (Å²) in [6, 6.07) is 5.36. The molecule has 134 valence electrons. The third kappa shape index (κ3) is 7.40. The van der Waals surface area contributed by atoms with Crippen LogP contribution in [0.3, 0.4) is 0 Å². The van der Waals surface area contributed by atoms with Crippen LogP contribution in [-0.2, 0) is 4.79 Å². The molecule has 1 atom stereocenters. The summed E-state index contributed by atoms with van der Waals surface area (Å²) in [6.45, 7) is 3.86. The van der Waals surface area contributed by atoms with Crippen molar-refractivity contribution in [2.24, 2.45) is 11.7 Å². The van der Waals surface area contributed by atoms with Crippen molar-refractivity contribution in [2.75, 3.05) is 6.61 Å². The predicted octanol–water partition coefficient (Wildman–Crippen LogP) is 3.80. The first kappa shape index (κ1) is 20.6. The molecule has 0 aliphatic carbocycles. The lowest BCUT2D eigenvalue weighted by Gasteiger charge is -2.29. The minimum Gasteiger partial charge on any atom is -0.492 e. The van der Waals surface area contributed by atoms with Crippen LogP contribution in [-0.4, -0.2) is 29.3 Å². The number of hydrogen-bond acceptors (Lipinski definition) is 3. The van der Waals surface area contributed by atoms with Gasteiger partial charge in [0.15, 0.2) is 0 Å². The molecule has 0 saturated carbocycles. The highest BCUT2D eigenvalue weighted by Gasteiger charge is 2.26. The maximum Gasteiger partial charge on any atom is 0.405 e. The van der Waals surface area contributed by atoms with Crippen molar-refractivity contribution in [1.82, 2.24) is 5.32 Å². The van der Waals surface area contributed by atoms with Crippen molar-refractivity contribution in [1.29, 1.82) is 0 Å². The molecule has 0 aliphatic rings. The molecule has 0 saturated heterocycles. The Hall–Kier alpha value is -1.47. The monoisotopic (exact) mass is 420 g/mol. The SMILES string of the molecule is CC(C)(C[C@H](CCC(N)=O)COc1cccc(Br)c1Cl)NC(=O)O. The van der Waals surface area contributed by atoms with Crippen LogP contribution in [0.25, 0.3) is 0 Å². The molecule has 1 rings (SSSR count). The van der Waals surface area contributed by atoms with Crippen LogP contribution in [0.2, 0.25) is 5.02 Å². The highest BCUT2D eigenvalue weighted by atomic mass is 79.9. The lowest BCUT2D eigenvalue weighted by Crippen LogP contribution is -2.44. The molecule has 0 aromatic heterocycles. The van der Waals surface area contributed by atoms with Gasteiger partial charge in [0.05, 0.1) is 11.6 Å². The van der Waals surface area contributed by atoms with E-state index in [2.05, 4.69) is 21.2 Å². The number of hydrogen-bond donors (Lipinski definition) is 3. The van der Waals surface area contributed by atoms with E-state index in [1.54, 1.807) is 32.0 Å². The van der Waals surface area contributed by atoms with Gasteiger partial charge in [0.25, 0.3) is 0 Å². The first-order chi connectivity index (χ1) is 11.1. The number of benzene rings is 1. The Bertz CT molecular complexity index is 595. The molecular formula is C16H22BrClN2O4. The van der Waals surface area contributed by atoms with Gasteiger partial charge < -0.3 is 20.9 Å². The molecule has 0 fully saturated rings. The van der Waals surface area contributed by atoms with Crippen LogP contribution in [0.5, 0.6) is 5.75 Å². The number of carbonyl (C=O) groups excluding carboxylic acids is 1. The zero-order chi connectivity index (χ0) is 18.3. The first-order valence-electron chi connectivity index (χ1n) is 7.47. The zero-order valence-electron chi connectivity index (χ0n) is 13.6. The molecule has 4 N–H and O–H groups in total. The second-order valence-electron chi connectivity index (χ2n) is 6.25. The summed E-state index contributed by atoms with van der Waals surface area (Å²) in [5.41, 5.74) is 4.57. The number of nitrogens with two attached hydrogens (primary N) is 1. The van der Waals surface area contributed by atoms with Crippen LogP contribution >= 0.6 is 27.5 Å². The van der Waals surface area contributed by atoms with E-state index in [-0.39, 0.29) is 12.3 Å². The fourth-order valence-electron chi connectivity index (χ4n) is 2.46. The summed E-state index contributed by atoms with van der Waals surface area (Å²) in [6.07, 6.45) is 0.123. The van der Waals surface area contributed by atoms with E-state index in [0.717, 1.165) is 4.47 Å². The van der Waals surface area contributed by atoms with Crippen molar-refractivity contribution in [3.05, 3.63) is 27.7 Å². The van der Waals surface area contributed by atoms with Gasteiger partial charge in [0, 0.05) is 16.4 Å². The van der Waals surface area contributed by atoms with Gasteiger partial charge >= 0.3 is 6.09 Å². The van der Waals surface area contributed by atoms with Gasteiger partial charge in [0.2, 0.25) is 5.91 Å². The Morgan fingerprint density at radius 3 is 2.71 bits per heavy atom. The lowest BCUT2D eigenvalue weighted by atomic mass is 9.88. The standard InChI is InChI=1S/C16H22BrClN2O4/c1-16(2,20-15(22)23)8-10(6-7-13(19)21)9-24-12-5-3-4-11(17)14(12)18/h3-5,10,20H,6-9H2,1-2H3,(H2,19,21)(H,22,23)/t10-/m0/s1. The van der Waals surface area contributed by atoms with Gasteiger partial charge in [-0.2, -0.15) is 0 Å². The van der Waals surface area contributed by atoms with E-state index < -0.39 is 17.5 Å².